The quantitative estimate of drug-likeness (QED) is 0.807. The first-order valence-electron chi connectivity index (χ1n) is 7.17. The van der Waals surface area contributed by atoms with E-state index in [9.17, 15) is 9.90 Å². The second-order valence-corrected chi connectivity index (χ2v) is 5.31. The Kier molecular flexibility index (Phi) is 6.02. The molecule has 0 fully saturated rings. The molecule has 2 N–H and O–H groups in total. The molecule has 0 heterocycles. The van der Waals surface area contributed by atoms with Crippen molar-refractivity contribution in [1.29, 1.82) is 0 Å². The summed E-state index contributed by atoms with van der Waals surface area (Å²) in [4.78, 5) is 12.0. The van der Waals surface area contributed by atoms with Gasteiger partial charge in [0.05, 0.1) is 11.7 Å². The monoisotopic (exact) mass is 279 g/mol. The summed E-state index contributed by atoms with van der Waals surface area (Å²) in [5, 5.41) is 12.9. The molecule has 0 atom stereocenters. The van der Waals surface area contributed by atoms with Crippen LogP contribution < -0.4 is 10.1 Å². The van der Waals surface area contributed by atoms with Crippen molar-refractivity contribution in [3.05, 3.63) is 29.8 Å². The number of carbonyl (C=O) groups excluding carboxylic acids is 1. The molecule has 4 nitrogen and oxygen atoms in total. The van der Waals surface area contributed by atoms with E-state index in [1.165, 1.54) is 0 Å². The van der Waals surface area contributed by atoms with Crippen LogP contribution in [-0.4, -0.2) is 29.3 Å². The van der Waals surface area contributed by atoms with E-state index in [0.717, 1.165) is 5.75 Å². The van der Waals surface area contributed by atoms with Crippen LogP contribution in [0.2, 0.25) is 0 Å². The van der Waals surface area contributed by atoms with Crippen LogP contribution in [0.5, 0.6) is 5.75 Å². The highest BCUT2D eigenvalue weighted by atomic mass is 16.5. The summed E-state index contributed by atoms with van der Waals surface area (Å²) in [6, 6.07) is 7.01. The topological polar surface area (TPSA) is 58.6 Å². The Hall–Kier alpha value is -1.55. The van der Waals surface area contributed by atoms with E-state index in [-0.39, 0.29) is 18.6 Å². The number of ether oxygens (including phenoxy) is 1. The molecule has 1 aromatic carbocycles. The maximum atomic E-state index is 12.0. The number of amides is 1. The van der Waals surface area contributed by atoms with Crippen molar-refractivity contribution in [2.45, 2.75) is 52.2 Å². The molecule has 1 rings (SSSR count). The van der Waals surface area contributed by atoms with Crippen molar-refractivity contribution in [1.82, 2.24) is 5.32 Å². The van der Waals surface area contributed by atoms with Gasteiger partial charge in [-0.3, -0.25) is 4.79 Å². The van der Waals surface area contributed by atoms with Crippen LogP contribution in [0.4, 0.5) is 0 Å². The minimum Gasteiger partial charge on any atom is -0.491 e. The summed E-state index contributed by atoms with van der Waals surface area (Å²) in [5.74, 6) is 0.566. The number of hydrogen-bond donors (Lipinski definition) is 2. The molecule has 0 bridgehead atoms. The zero-order chi connectivity index (χ0) is 15.2. The van der Waals surface area contributed by atoms with Gasteiger partial charge in [-0.1, -0.05) is 13.8 Å². The molecule has 0 aliphatic carbocycles. The predicted octanol–water partition coefficient (Wildman–Crippen LogP) is 2.75. The van der Waals surface area contributed by atoms with Gasteiger partial charge in [-0.15, -0.1) is 0 Å². The SMILES string of the molecule is CCC(O)(CC)CNC(=O)c1ccc(OC(C)C)cc1. The summed E-state index contributed by atoms with van der Waals surface area (Å²) in [6.45, 7) is 8.00. The lowest BCUT2D eigenvalue weighted by molar-refractivity contribution is 0.0314. The van der Waals surface area contributed by atoms with E-state index >= 15 is 0 Å². The van der Waals surface area contributed by atoms with Crippen LogP contribution in [0.15, 0.2) is 24.3 Å². The molecule has 0 saturated carbocycles. The molecule has 0 spiro atoms. The highest BCUT2D eigenvalue weighted by Crippen LogP contribution is 2.15. The first-order valence-corrected chi connectivity index (χ1v) is 7.17. The number of hydrogen-bond acceptors (Lipinski definition) is 3. The number of aliphatic hydroxyl groups is 1. The normalized spacial score (nSPS) is 11.5. The minimum absolute atomic E-state index is 0.110. The summed E-state index contributed by atoms with van der Waals surface area (Å²) in [6.07, 6.45) is 1.34. The lowest BCUT2D eigenvalue weighted by Crippen LogP contribution is -2.42. The highest BCUT2D eigenvalue weighted by molar-refractivity contribution is 5.94. The van der Waals surface area contributed by atoms with Gasteiger partial charge in [-0.05, 0) is 51.0 Å². The minimum atomic E-state index is -0.823. The van der Waals surface area contributed by atoms with E-state index in [1.54, 1.807) is 24.3 Å². The molecule has 0 unspecified atom stereocenters. The fraction of sp³-hybridized carbons (Fsp3) is 0.562. The largest absolute Gasteiger partial charge is 0.491 e. The Labute approximate surface area is 121 Å². The van der Waals surface area contributed by atoms with Crippen molar-refractivity contribution in [3.63, 3.8) is 0 Å². The fourth-order valence-corrected chi connectivity index (χ4v) is 1.80. The van der Waals surface area contributed by atoms with Gasteiger partial charge in [0.15, 0.2) is 0 Å². The summed E-state index contributed by atoms with van der Waals surface area (Å²) in [7, 11) is 0. The molecule has 0 aliphatic heterocycles. The third-order valence-electron chi connectivity index (χ3n) is 3.38. The molecule has 0 aromatic heterocycles. The lowest BCUT2D eigenvalue weighted by Gasteiger charge is -2.25. The molecule has 0 aliphatic rings. The standard InChI is InChI=1S/C16H25NO3/c1-5-16(19,6-2)11-17-15(18)13-7-9-14(10-8-13)20-12(3)4/h7-10,12,19H,5-6,11H2,1-4H3,(H,17,18). The zero-order valence-electron chi connectivity index (χ0n) is 12.8. The molecule has 0 saturated heterocycles. The van der Waals surface area contributed by atoms with Crippen LogP contribution in [0, 0.1) is 0 Å². The van der Waals surface area contributed by atoms with Crippen LogP contribution in [-0.2, 0) is 0 Å². The van der Waals surface area contributed by atoms with Gasteiger partial charge in [0.2, 0.25) is 0 Å². The first-order chi connectivity index (χ1) is 9.40. The Morgan fingerprint density at radius 1 is 1.25 bits per heavy atom. The van der Waals surface area contributed by atoms with Crippen molar-refractivity contribution < 1.29 is 14.6 Å². The van der Waals surface area contributed by atoms with Crippen LogP contribution in [0.1, 0.15) is 50.9 Å². The van der Waals surface area contributed by atoms with Crippen molar-refractivity contribution in [2.24, 2.45) is 0 Å². The van der Waals surface area contributed by atoms with Gasteiger partial charge in [0.1, 0.15) is 5.75 Å². The smallest absolute Gasteiger partial charge is 0.251 e. The number of nitrogens with one attached hydrogen (secondary N) is 1. The summed E-state index contributed by atoms with van der Waals surface area (Å²) < 4.78 is 5.53. The maximum Gasteiger partial charge on any atom is 0.251 e. The van der Waals surface area contributed by atoms with Crippen molar-refractivity contribution in [2.75, 3.05) is 6.54 Å². The third-order valence-corrected chi connectivity index (χ3v) is 3.38. The van der Waals surface area contributed by atoms with Gasteiger partial charge in [-0.25, -0.2) is 0 Å². The molecule has 4 heteroatoms. The van der Waals surface area contributed by atoms with Gasteiger partial charge in [0, 0.05) is 12.1 Å². The van der Waals surface area contributed by atoms with Crippen molar-refractivity contribution >= 4 is 5.91 Å². The Morgan fingerprint density at radius 2 is 1.80 bits per heavy atom. The van der Waals surface area contributed by atoms with Crippen LogP contribution in [0.3, 0.4) is 0 Å². The van der Waals surface area contributed by atoms with E-state index in [2.05, 4.69) is 5.32 Å². The van der Waals surface area contributed by atoms with Crippen molar-refractivity contribution in [3.8, 4) is 5.75 Å². The van der Waals surface area contributed by atoms with Crippen LogP contribution >= 0.6 is 0 Å². The Bertz CT molecular complexity index is 422. The molecule has 0 radical (unpaired) electrons. The summed E-state index contributed by atoms with van der Waals surface area (Å²) in [5.41, 5.74) is -0.258. The number of carbonyl (C=O) groups is 1. The Morgan fingerprint density at radius 3 is 2.25 bits per heavy atom. The second kappa shape index (κ2) is 7.29. The molecule has 20 heavy (non-hydrogen) atoms. The van der Waals surface area contributed by atoms with E-state index in [4.69, 9.17) is 4.74 Å². The lowest BCUT2D eigenvalue weighted by atomic mass is 9.97. The van der Waals surface area contributed by atoms with E-state index in [0.29, 0.717) is 18.4 Å². The van der Waals surface area contributed by atoms with Gasteiger partial charge in [0.25, 0.3) is 5.91 Å². The molecule has 112 valence electrons. The highest BCUT2D eigenvalue weighted by Gasteiger charge is 2.22. The third kappa shape index (κ3) is 4.85. The van der Waals surface area contributed by atoms with Gasteiger partial charge >= 0.3 is 0 Å². The zero-order valence-corrected chi connectivity index (χ0v) is 12.8. The molecular formula is C16H25NO3. The predicted molar refractivity (Wildman–Crippen MR) is 80.1 cm³/mol. The fourth-order valence-electron chi connectivity index (χ4n) is 1.80. The van der Waals surface area contributed by atoms with Crippen LogP contribution in [0.25, 0.3) is 0 Å². The van der Waals surface area contributed by atoms with E-state index < -0.39 is 5.60 Å². The average molecular weight is 279 g/mol. The van der Waals surface area contributed by atoms with Gasteiger partial charge in [-0.2, -0.15) is 0 Å². The molecular weight excluding hydrogens is 254 g/mol. The average Bonchev–Trinajstić information content (AvgIpc) is 2.44. The Balaban J connectivity index is 2.60. The molecule has 1 amide bonds. The van der Waals surface area contributed by atoms with E-state index in [1.807, 2.05) is 27.7 Å². The second-order valence-electron chi connectivity index (χ2n) is 5.31. The summed E-state index contributed by atoms with van der Waals surface area (Å²) >= 11 is 0. The van der Waals surface area contributed by atoms with Gasteiger partial charge < -0.3 is 15.2 Å². The molecule has 1 aromatic rings. The number of rotatable bonds is 7. The maximum absolute atomic E-state index is 12.0. The number of benzene rings is 1. The first kappa shape index (κ1) is 16.5.